The minimum absolute atomic E-state index is 0.0195. The predicted molar refractivity (Wildman–Crippen MR) is 105 cm³/mol. The lowest BCUT2D eigenvalue weighted by atomic mass is 10.3. The summed E-state index contributed by atoms with van der Waals surface area (Å²) in [6.45, 7) is 2.21. The molecule has 28 heavy (non-hydrogen) atoms. The molecule has 11 heteroatoms. The van der Waals surface area contributed by atoms with Crippen LogP contribution in [-0.4, -0.2) is 34.1 Å². The summed E-state index contributed by atoms with van der Waals surface area (Å²) in [5.74, 6) is -0.244. The molecule has 0 aliphatic heterocycles. The second kappa shape index (κ2) is 8.36. The zero-order valence-corrected chi connectivity index (χ0v) is 16.4. The van der Waals surface area contributed by atoms with E-state index in [0.717, 1.165) is 5.69 Å². The predicted octanol–water partition coefficient (Wildman–Crippen LogP) is 2.46. The molecule has 0 aliphatic carbocycles. The zero-order valence-electron chi connectivity index (χ0n) is 14.8. The third kappa shape index (κ3) is 4.84. The van der Waals surface area contributed by atoms with Gasteiger partial charge in [-0.05, 0) is 37.3 Å². The number of carbonyl (C=O) groups is 1. The van der Waals surface area contributed by atoms with E-state index in [-0.39, 0.29) is 23.2 Å². The SMILES string of the molecule is Cc1c(Cl)cnn1CCC(=O)Nc1ccc(S(=O)(=O)Nc2ncccn2)cc1. The van der Waals surface area contributed by atoms with Crippen molar-refractivity contribution in [3.63, 3.8) is 0 Å². The summed E-state index contributed by atoms with van der Waals surface area (Å²) < 4.78 is 28.6. The molecule has 0 fully saturated rings. The molecule has 0 aliphatic rings. The van der Waals surface area contributed by atoms with Crippen molar-refractivity contribution in [2.45, 2.75) is 24.8 Å². The smallest absolute Gasteiger partial charge is 0.264 e. The minimum atomic E-state index is -3.82. The number of benzene rings is 1. The monoisotopic (exact) mass is 420 g/mol. The molecule has 146 valence electrons. The normalized spacial score (nSPS) is 11.2. The van der Waals surface area contributed by atoms with Gasteiger partial charge < -0.3 is 5.32 Å². The van der Waals surface area contributed by atoms with E-state index < -0.39 is 10.0 Å². The number of hydrogen-bond acceptors (Lipinski definition) is 6. The van der Waals surface area contributed by atoms with Gasteiger partial charge in [0.25, 0.3) is 10.0 Å². The molecular formula is C17H17ClN6O3S. The highest BCUT2D eigenvalue weighted by Crippen LogP contribution is 2.17. The van der Waals surface area contributed by atoms with Crippen molar-refractivity contribution in [2.24, 2.45) is 0 Å². The number of amides is 1. The van der Waals surface area contributed by atoms with Crippen LogP contribution >= 0.6 is 11.6 Å². The van der Waals surface area contributed by atoms with E-state index in [1.54, 1.807) is 10.7 Å². The summed E-state index contributed by atoms with van der Waals surface area (Å²) in [6, 6.07) is 7.37. The zero-order chi connectivity index (χ0) is 20.1. The fraction of sp³-hybridized carbons (Fsp3) is 0.176. The maximum atomic E-state index is 12.3. The highest BCUT2D eigenvalue weighted by Gasteiger charge is 2.15. The number of nitrogens with zero attached hydrogens (tertiary/aromatic N) is 4. The topological polar surface area (TPSA) is 119 Å². The number of nitrogens with one attached hydrogen (secondary N) is 2. The standard InChI is InChI=1S/C17H17ClN6O3S/c1-12-15(18)11-21-24(12)10-7-16(25)22-13-3-5-14(6-4-13)28(26,27)23-17-19-8-2-9-20-17/h2-6,8-9,11H,7,10H2,1H3,(H,22,25)(H,19,20,23). The van der Waals surface area contributed by atoms with E-state index in [4.69, 9.17) is 11.6 Å². The third-order valence-corrected chi connectivity index (χ3v) is 5.55. The van der Waals surface area contributed by atoms with Crippen molar-refractivity contribution in [3.05, 3.63) is 59.6 Å². The second-order valence-corrected chi connectivity index (χ2v) is 7.89. The Balaban J connectivity index is 1.59. The van der Waals surface area contributed by atoms with E-state index in [0.29, 0.717) is 17.3 Å². The molecule has 0 radical (unpaired) electrons. The molecule has 9 nitrogen and oxygen atoms in total. The van der Waals surface area contributed by atoms with Gasteiger partial charge in [0.15, 0.2) is 0 Å². The van der Waals surface area contributed by atoms with Gasteiger partial charge in [-0.1, -0.05) is 11.6 Å². The van der Waals surface area contributed by atoms with E-state index in [9.17, 15) is 13.2 Å². The molecule has 0 bridgehead atoms. The van der Waals surface area contributed by atoms with E-state index in [2.05, 4.69) is 25.1 Å². The van der Waals surface area contributed by atoms with Crippen LogP contribution in [0, 0.1) is 6.92 Å². The molecule has 0 unspecified atom stereocenters. The largest absolute Gasteiger partial charge is 0.326 e. The lowest BCUT2D eigenvalue weighted by Gasteiger charge is -2.09. The van der Waals surface area contributed by atoms with Crippen LogP contribution < -0.4 is 10.0 Å². The molecule has 1 aromatic carbocycles. The van der Waals surface area contributed by atoms with Crippen molar-refractivity contribution < 1.29 is 13.2 Å². The summed E-state index contributed by atoms with van der Waals surface area (Å²) in [7, 11) is -3.82. The molecule has 3 rings (SSSR count). The fourth-order valence-corrected chi connectivity index (χ4v) is 3.43. The van der Waals surface area contributed by atoms with Crippen LogP contribution in [0.5, 0.6) is 0 Å². The molecule has 1 amide bonds. The quantitative estimate of drug-likeness (QED) is 0.606. The van der Waals surface area contributed by atoms with Crippen molar-refractivity contribution in [2.75, 3.05) is 10.0 Å². The fourth-order valence-electron chi connectivity index (χ4n) is 2.33. The lowest BCUT2D eigenvalue weighted by Crippen LogP contribution is -2.16. The summed E-state index contributed by atoms with van der Waals surface area (Å²) >= 11 is 5.93. The number of carbonyl (C=O) groups excluding carboxylic acids is 1. The van der Waals surface area contributed by atoms with Crippen LogP contribution in [0.3, 0.4) is 0 Å². The van der Waals surface area contributed by atoms with Crippen LogP contribution in [0.2, 0.25) is 5.02 Å². The Morgan fingerprint density at radius 1 is 1.18 bits per heavy atom. The number of aryl methyl sites for hydroxylation is 1. The Labute approximate surface area is 166 Å². The van der Waals surface area contributed by atoms with E-state index >= 15 is 0 Å². The van der Waals surface area contributed by atoms with Crippen LogP contribution in [0.15, 0.2) is 53.8 Å². The minimum Gasteiger partial charge on any atom is -0.326 e. The van der Waals surface area contributed by atoms with Crippen molar-refractivity contribution in [1.82, 2.24) is 19.7 Å². The maximum absolute atomic E-state index is 12.3. The Morgan fingerprint density at radius 3 is 2.46 bits per heavy atom. The van der Waals surface area contributed by atoms with Crippen LogP contribution in [-0.2, 0) is 21.4 Å². The van der Waals surface area contributed by atoms with Gasteiger partial charge in [-0.2, -0.15) is 5.10 Å². The molecule has 0 spiro atoms. The number of hydrogen-bond donors (Lipinski definition) is 2. The highest BCUT2D eigenvalue weighted by molar-refractivity contribution is 7.92. The van der Waals surface area contributed by atoms with Gasteiger partial charge in [0.2, 0.25) is 11.9 Å². The van der Waals surface area contributed by atoms with Crippen molar-refractivity contribution >= 4 is 39.2 Å². The molecule has 3 aromatic rings. The number of rotatable bonds is 7. The number of sulfonamides is 1. The first-order valence-electron chi connectivity index (χ1n) is 8.23. The van der Waals surface area contributed by atoms with Crippen molar-refractivity contribution in [3.8, 4) is 0 Å². The third-order valence-electron chi connectivity index (χ3n) is 3.83. The van der Waals surface area contributed by atoms with Gasteiger partial charge in [0.05, 0.1) is 28.4 Å². The number of halogens is 1. The summed E-state index contributed by atoms with van der Waals surface area (Å²) in [4.78, 5) is 19.8. The molecule has 2 N–H and O–H groups in total. The average molecular weight is 421 g/mol. The molecule has 0 saturated carbocycles. The van der Waals surface area contributed by atoms with Gasteiger partial charge in [0.1, 0.15) is 0 Å². The molecule has 0 saturated heterocycles. The van der Waals surface area contributed by atoms with Gasteiger partial charge in [0, 0.05) is 24.5 Å². The molecule has 2 aromatic heterocycles. The molecule has 2 heterocycles. The van der Waals surface area contributed by atoms with Crippen molar-refractivity contribution in [1.29, 1.82) is 0 Å². The number of aromatic nitrogens is 4. The number of anilines is 2. The first kappa shape index (κ1) is 19.8. The lowest BCUT2D eigenvalue weighted by molar-refractivity contribution is -0.116. The van der Waals surface area contributed by atoms with Gasteiger partial charge >= 0.3 is 0 Å². The summed E-state index contributed by atoms with van der Waals surface area (Å²) in [5, 5.41) is 7.35. The molecule has 0 atom stereocenters. The van der Waals surface area contributed by atoms with Gasteiger partial charge in [-0.3, -0.25) is 9.48 Å². The van der Waals surface area contributed by atoms with Crippen LogP contribution in [0.25, 0.3) is 0 Å². The molecular weight excluding hydrogens is 404 g/mol. The van der Waals surface area contributed by atoms with Gasteiger partial charge in [-0.15, -0.1) is 0 Å². The van der Waals surface area contributed by atoms with Crippen LogP contribution in [0.4, 0.5) is 11.6 Å². The first-order chi connectivity index (χ1) is 13.3. The second-order valence-electron chi connectivity index (χ2n) is 5.80. The summed E-state index contributed by atoms with van der Waals surface area (Å²) in [6.07, 6.45) is 4.60. The average Bonchev–Trinajstić information content (AvgIpc) is 2.99. The maximum Gasteiger partial charge on any atom is 0.264 e. The Bertz CT molecular complexity index is 1070. The van der Waals surface area contributed by atoms with Gasteiger partial charge in [-0.25, -0.2) is 23.1 Å². The van der Waals surface area contributed by atoms with E-state index in [1.165, 1.54) is 42.9 Å². The summed E-state index contributed by atoms with van der Waals surface area (Å²) in [5.41, 5.74) is 1.27. The Hall–Kier alpha value is -2.98. The highest BCUT2D eigenvalue weighted by atomic mass is 35.5. The first-order valence-corrected chi connectivity index (χ1v) is 10.1. The Morgan fingerprint density at radius 2 is 1.86 bits per heavy atom. The van der Waals surface area contributed by atoms with Crippen LogP contribution in [0.1, 0.15) is 12.1 Å². The Kier molecular flexibility index (Phi) is 5.90. The van der Waals surface area contributed by atoms with E-state index in [1.807, 2.05) is 6.92 Å².